The van der Waals surface area contributed by atoms with Gasteiger partial charge < -0.3 is 9.84 Å². The monoisotopic (exact) mass is 250 g/mol. The van der Waals surface area contributed by atoms with Crippen molar-refractivity contribution in [1.82, 2.24) is 0 Å². The lowest BCUT2D eigenvalue weighted by molar-refractivity contribution is -0.181. The van der Waals surface area contributed by atoms with Crippen molar-refractivity contribution in [3.8, 4) is 0 Å². The number of aliphatic carboxylic acids is 1. The minimum Gasteiger partial charge on any atom is -0.478 e. The van der Waals surface area contributed by atoms with Crippen LogP contribution < -0.4 is 0 Å². The summed E-state index contributed by atoms with van der Waals surface area (Å²) < 4.78 is 5.61. The van der Waals surface area contributed by atoms with Crippen LogP contribution in [-0.4, -0.2) is 22.6 Å². The third kappa shape index (κ3) is 2.16. The second-order valence-electron chi connectivity index (χ2n) is 6.19. The normalized spacial score (nSPS) is 41.2. The van der Waals surface area contributed by atoms with Gasteiger partial charge in [-0.3, -0.25) is 0 Å². The summed E-state index contributed by atoms with van der Waals surface area (Å²) in [5, 5.41) is 8.50. The number of ether oxygens (including phenoxy) is 1. The molecule has 0 heterocycles. The lowest BCUT2D eigenvalue weighted by Crippen LogP contribution is -2.52. The molecule has 0 amide bonds. The van der Waals surface area contributed by atoms with Crippen LogP contribution in [-0.2, 0) is 14.3 Å². The number of rotatable bonds is 3. The van der Waals surface area contributed by atoms with Gasteiger partial charge >= 0.3 is 11.9 Å². The number of hydrogen-bond donors (Lipinski definition) is 1. The number of hydrogen-bond acceptors (Lipinski definition) is 3. The van der Waals surface area contributed by atoms with Crippen molar-refractivity contribution in [3.63, 3.8) is 0 Å². The van der Waals surface area contributed by atoms with Gasteiger partial charge in [-0.15, -0.1) is 0 Å². The molecular formula is C14H18O4. The summed E-state index contributed by atoms with van der Waals surface area (Å²) in [6, 6.07) is 0. The average molecular weight is 250 g/mol. The van der Waals surface area contributed by atoms with Crippen molar-refractivity contribution in [2.75, 3.05) is 0 Å². The smallest absolute Gasteiger partial charge is 0.331 e. The Labute approximate surface area is 106 Å². The van der Waals surface area contributed by atoms with Crippen LogP contribution in [0.1, 0.15) is 38.5 Å². The van der Waals surface area contributed by atoms with Gasteiger partial charge in [0.15, 0.2) is 0 Å². The van der Waals surface area contributed by atoms with E-state index < -0.39 is 11.9 Å². The van der Waals surface area contributed by atoms with Gasteiger partial charge in [0.25, 0.3) is 0 Å². The SMILES string of the molecule is O=C(O)/C=C/C(=O)OC12CC3CC(CC(C3)C1)C2. The van der Waals surface area contributed by atoms with E-state index in [1.165, 1.54) is 19.3 Å². The van der Waals surface area contributed by atoms with E-state index in [-0.39, 0.29) is 5.60 Å². The van der Waals surface area contributed by atoms with Crippen LogP contribution in [0.25, 0.3) is 0 Å². The first kappa shape index (κ1) is 11.8. The molecule has 0 radical (unpaired) electrons. The molecule has 1 N–H and O–H groups in total. The van der Waals surface area contributed by atoms with Crippen molar-refractivity contribution in [2.24, 2.45) is 17.8 Å². The van der Waals surface area contributed by atoms with Gasteiger partial charge in [-0.25, -0.2) is 9.59 Å². The van der Waals surface area contributed by atoms with Crippen LogP contribution in [0.3, 0.4) is 0 Å². The Morgan fingerprint density at radius 3 is 1.94 bits per heavy atom. The van der Waals surface area contributed by atoms with Crippen LogP contribution in [0.15, 0.2) is 12.2 Å². The van der Waals surface area contributed by atoms with E-state index in [0.29, 0.717) is 17.8 Å². The maximum atomic E-state index is 11.7. The average Bonchev–Trinajstić information content (AvgIpc) is 2.23. The predicted molar refractivity (Wildman–Crippen MR) is 63.8 cm³/mol. The molecule has 0 aromatic heterocycles. The first-order chi connectivity index (χ1) is 8.55. The molecule has 98 valence electrons. The Morgan fingerprint density at radius 1 is 1.00 bits per heavy atom. The molecule has 0 aliphatic heterocycles. The van der Waals surface area contributed by atoms with Gasteiger partial charge in [0, 0.05) is 12.2 Å². The fourth-order valence-corrected chi connectivity index (χ4v) is 4.54. The van der Waals surface area contributed by atoms with E-state index in [9.17, 15) is 9.59 Å². The largest absolute Gasteiger partial charge is 0.478 e. The Kier molecular flexibility index (Phi) is 2.68. The molecule has 4 fully saturated rings. The van der Waals surface area contributed by atoms with Gasteiger partial charge in [-0.1, -0.05) is 0 Å². The van der Waals surface area contributed by atoms with E-state index >= 15 is 0 Å². The standard InChI is InChI=1S/C14H18O4/c15-12(16)1-2-13(17)18-14-6-9-3-10(7-14)5-11(4-9)8-14/h1-2,9-11H,3-8H2,(H,15,16)/b2-1+. The third-order valence-electron chi connectivity index (χ3n) is 4.66. The summed E-state index contributed by atoms with van der Waals surface area (Å²) >= 11 is 0. The van der Waals surface area contributed by atoms with E-state index in [0.717, 1.165) is 31.4 Å². The fraction of sp³-hybridized carbons (Fsp3) is 0.714. The zero-order chi connectivity index (χ0) is 12.8. The van der Waals surface area contributed by atoms with Gasteiger partial charge in [-0.05, 0) is 56.3 Å². The number of carboxylic acids is 1. The summed E-state index contributed by atoms with van der Waals surface area (Å²) in [7, 11) is 0. The molecular weight excluding hydrogens is 232 g/mol. The van der Waals surface area contributed by atoms with Crippen LogP contribution in [0, 0.1) is 17.8 Å². The molecule has 4 bridgehead atoms. The topological polar surface area (TPSA) is 63.6 Å². The van der Waals surface area contributed by atoms with E-state index in [1.807, 2.05) is 0 Å². The highest BCUT2D eigenvalue weighted by molar-refractivity contribution is 5.90. The zero-order valence-electron chi connectivity index (χ0n) is 10.3. The van der Waals surface area contributed by atoms with Gasteiger partial charge in [-0.2, -0.15) is 0 Å². The second kappa shape index (κ2) is 4.11. The minimum atomic E-state index is -1.11. The molecule has 4 nitrogen and oxygen atoms in total. The zero-order valence-corrected chi connectivity index (χ0v) is 10.3. The molecule has 18 heavy (non-hydrogen) atoms. The summed E-state index contributed by atoms with van der Waals surface area (Å²) in [6.07, 6.45) is 8.69. The van der Waals surface area contributed by atoms with E-state index in [4.69, 9.17) is 9.84 Å². The summed E-state index contributed by atoms with van der Waals surface area (Å²) in [6.45, 7) is 0. The highest BCUT2D eigenvalue weighted by atomic mass is 16.6. The summed E-state index contributed by atoms with van der Waals surface area (Å²) in [5.41, 5.74) is -0.283. The number of esters is 1. The Morgan fingerprint density at radius 2 is 1.50 bits per heavy atom. The van der Waals surface area contributed by atoms with Crippen LogP contribution in [0.4, 0.5) is 0 Å². The molecule has 0 aromatic carbocycles. The van der Waals surface area contributed by atoms with Crippen LogP contribution >= 0.6 is 0 Å². The Hall–Kier alpha value is -1.32. The molecule has 0 unspecified atom stereocenters. The van der Waals surface area contributed by atoms with Crippen molar-refractivity contribution >= 4 is 11.9 Å². The van der Waals surface area contributed by atoms with E-state index in [2.05, 4.69) is 0 Å². The van der Waals surface area contributed by atoms with Gasteiger partial charge in [0.2, 0.25) is 0 Å². The highest BCUT2D eigenvalue weighted by Crippen LogP contribution is 2.57. The van der Waals surface area contributed by atoms with Crippen molar-refractivity contribution in [3.05, 3.63) is 12.2 Å². The molecule has 4 saturated carbocycles. The quantitative estimate of drug-likeness (QED) is 0.615. The predicted octanol–water partition coefficient (Wildman–Crippen LogP) is 2.14. The lowest BCUT2D eigenvalue weighted by atomic mass is 9.54. The highest BCUT2D eigenvalue weighted by Gasteiger charge is 2.53. The molecule has 0 spiro atoms. The number of carbonyl (C=O) groups excluding carboxylic acids is 1. The maximum Gasteiger partial charge on any atom is 0.331 e. The Balaban J connectivity index is 1.68. The van der Waals surface area contributed by atoms with Gasteiger partial charge in [0.1, 0.15) is 5.60 Å². The Bertz CT molecular complexity index is 375. The van der Waals surface area contributed by atoms with Gasteiger partial charge in [0.05, 0.1) is 0 Å². The molecule has 0 saturated heterocycles. The fourth-order valence-electron chi connectivity index (χ4n) is 4.54. The molecule has 4 aliphatic carbocycles. The lowest BCUT2D eigenvalue weighted by Gasteiger charge is -2.55. The summed E-state index contributed by atoms with van der Waals surface area (Å²) in [4.78, 5) is 22.0. The first-order valence-corrected chi connectivity index (χ1v) is 6.69. The molecule has 4 rings (SSSR count). The first-order valence-electron chi connectivity index (χ1n) is 6.69. The minimum absolute atomic E-state index is 0.283. The number of carboxylic acid groups (broad SMARTS) is 1. The van der Waals surface area contributed by atoms with Crippen LogP contribution in [0.2, 0.25) is 0 Å². The van der Waals surface area contributed by atoms with Crippen molar-refractivity contribution < 1.29 is 19.4 Å². The van der Waals surface area contributed by atoms with E-state index in [1.54, 1.807) is 0 Å². The van der Waals surface area contributed by atoms with Crippen molar-refractivity contribution in [2.45, 2.75) is 44.1 Å². The van der Waals surface area contributed by atoms with Crippen LogP contribution in [0.5, 0.6) is 0 Å². The summed E-state index contributed by atoms with van der Waals surface area (Å²) in [5.74, 6) is 0.532. The molecule has 4 aliphatic rings. The van der Waals surface area contributed by atoms with Crippen molar-refractivity contribution in [1.29, 1.82) is 0 Å². The third-order valence-corrected chi connectivity index (χ3v) is 4.66. The maximum absolute atomic E-state index is 11.7. The molecule has 0 atom stereocenters. The number of carbonyl (C=O) groups is 2. The molecule has 4 heteroatoms. The second-order valence-corrected chi connectivity index (χ2v) is 6.19. The molecule has 0 aromatic rings.